The van der Waals surface area contributed by atoms with Gasteiger partial charge in [0.15, 0.2) is 0 Å². The SMILES string of the molecule is CC1CC(C)CN(S(=O)(=O)N2CCOC(c3ccc(F)cc3)C2)C1. The summed E-state index contributed by atoms with van der Waals surface area (Å²) in [6.07, 6.45) is 0.710. The smallest absolute Gasteiger partial charge is 0.282 e. The van der Waals surface area contributed by atoms with E-state index in [-0.39, 0.29) is 18.5 Å². The minimum Gasteiger partial charge on any atom is -0.371 e. The van der Waals surface area contributed by atoms with Crippen LogP contribution in [0.3, 0.4) is 0 Å². The zero-order valence-electron chi connectivity index (χ0n) is 14.2. The van der Waals surface area contributed by atoms with Crippen molar-refractivity contribution >= 4 is 10.2 Å². The molecule has 0 radical (unpaired) electrons. The molecule has 5 nitrogen and oxygen atoms in total. The summed E-state index contributed by atoms with van der Waals surface area (Å²) in [5.74, 6) is 0.435. The van der Waals surface area contributed by atoms with Crippen molar-refractivity contribution in [1.82, 2.24) is 8.61 Å². The summed E-state index contributed by atoms with van der Waals surface area (Å²) in [6.45, 7) is 6.32. The normalized spacial score (nSPS) is 30.4. The van der Waals surface area contributed by atoms with Crippen LogP contribution in [0.25, 0.3) is 0 Å². The van der Waals surface area contributed by atoms with Gasteiger partial charge in [0.25, 0.3) is 10.2 Å². The van der Waals surface area contributed by atoms with Crippen LogP contribution >= 0.6 is 0 Å². The van der Waals surface area contributed by atoms with Crippen LogP contribution in [0, 0.1) is 17.7 Å². The zero-order valence-corrected chi connectivity index (χ0v) is 15.0. The Morgan fingerprint density at radius 3 is 2.29 bits per heavy atom. The maximum Gasteiger partial charge on any atom is 0.282 e. The number of morpholine rings is 1. The van der Waals surface area contributed by atoms with Crippen LogP contribution in [-0.2, 0) is 14.9 Å². The second-order valence-electron chi connectivity index (χ2n) is 7.04. The highest BCUT2D eigenvalue weighted by Crippen LogP contribution is 2.28. The molecule has 1 aromatic carbocycles. The van der Waals surface area contributed by atoms with Gasteiger partial charge < -0.3 is 4.74 Å². The molecule has 24 heavy (non-hydrogen) atoms. The molecule has 3 atom stereocenters. The van der Waals surface area contributed by atoms with Gasteiger partial charge in [0.2, 0.25) is 0 Å². The molecule has 0 amide bonds. The minimum absolute atomic E-state index is 0.271. The lowest BCUT2D eigenvalue weighted by molar-refractivity contribution is -0.00500. The Morgan fingerprint density at radius 1 is 1.04 bits per heavy atom. The Kier molecular flexibility index (Phi) is 5.24. The van der Waals surface area contributed by atoms with Crippen molar-refractivity contribution in [2.75, 3.05) is 32.8 Å². The summed E-state index contributed by atoms with van der Waals surface area (Å²) in [5, 5.41) is 0. The quantitative estimate of drug-likeness (QED) is 0.836. The Hall–Kier alpha value is -1.02. The second-order valence-corrected chi connectivity index (χ2v) is 8.97. The minimum atomic E-state index is -3.49. The molecular weight excluding hydrogens is 331 g/mol. The number of halogens is 1. The van der Waals surface area contributed by atoms with E-state index >= 15 is 0 Å². The standard InChI is InChI=1S/C17H25FN2O3S/c1-13-9-14(2)11-20(10-13)24(21,22)19-7-8-23-17(12-19)15-3-5-16(18)6-4-15/h3-6,13-14,17H,7-12H2,1-2H3. The first-order valence-corrected chi connectivity index (χ1v) is 9.88. The lowest BCUT2D eigenvalue weighted by atomic mass is 9.94. The van der Waals surface area contributed by atoms with Gasteiger partial charge in [0.05, 0.1) is 12.7 Å². The van der Waals surface area contributed by atoms with Crippen LogP contribution in [0.2, 0.25) is 0 Å². The predicted octanol–water partition coefficient (Wildman–Crippen LogP) is 2.42. The first-order chi connectivity index (χ1) is 11.4. The molecule has 0 saturated carbocycles. The second kappa shape index (κ2) is 7.07. The van der Waals surface area contributed by atoms with E-state index in [0.717, 1.165) is 12.0 Å². The van der Waals surface area contributed by atoms with Gasteiger partial charge in [-0.1, -0.05) is 26.0 Å². The van der Waals surface area contributed by atoms with Crippen LogP contribution < -0.4 is 0 Å². The van der Waals surface area contributed by atoms with E-state index < -0.39 is 10.2 Å². The average molecular weight is 356 g/mol. The molecule has 0 aromatic heterocycles. The molecule has 2 saturated heterocycles. The Balaban J connectivity index is 1.74. The van der Waals surface area contributed by atoms with Crippen molar-refractivity contribution in [3.8, 4) is 0 Å². The fraction of sp³-hybridized carbons (Fsp3) is 0.647. The van der Waals surface area contributed by atoms with Crippen molar-refractivity contribution in [1.29, 1.82) is 0 Å². The number of nitrogens with zero attached hydrogens (tertiary/aromatic N) is 2. The van der Waals surface area contributed by atoms with Gasteiger partial charge in [-0.15, -0.1) is 0 Å². The number of piperidine rings is 1. The first kappa shape index (κ1) is 17.8. The molecule has 1 aromatic rings. The monoisotopic (exact) mass is 356 g/mol. The van der Waals surface area contributed by atoms with Crippen molar-refractivity contribution < 1.29 is 17.5 Å². The van der Waals surface area contributed by atoms with Gasteiger partial charge in [-0.3, -0.25) is 0 Å². The highest BCUT2D eigenvalue weighted by atomic mass is 32.2. The lowest BCUT2D eigenvalue weighted by Gasteiger charge is -2.39. The molecule has 2 heterocycles. The van der Waals surface area contributed by atoms with Gasteiger partial charge in [0.1, 0.15) is 5.82 Å². The molecule has 7 heteroatoms. The lowest BCUT2D eigenvalue weighted by Crippen LogP contribution is -2.52. The number of benzene rings is 1. The number of hydrogen-bond acceptors (Lipinski definition) is 3. The van der Waals surface area contributed by atoms with Gasteiger partial charge in [-0.25, -0.2) is 4.39 Å². The van der Waals surface area contributed by atoms with E-state index in [9.17, 15) is 12.8 Å². The van der Waals surface area contributed by atoms with Crippen molar-refractivity contribution in [3.63, 3.8) is 0 Å². The number of hydrogen-bond donors (Lipinski definition) is 0. The summed E-state index contributed by atoms with van der Waals surface area (Å²) in [5.41, 5.74) is 0.802. The Bertz CT molecular complexity index is 655. The van der Waals surface area contributed by atoms with E-state index in [1.807, 2.05) is 0 Å². The average Bonchev–Trinajstić information content (AvgIpc) is 2.55. The molecule has 3 rings (SSSR count). The van der Waals surface area contributed by atoms with E-state index in [1.54, 1.807) is 16.4 Å². The van der Waals surface area contributed by atoms with Gasteiger partial charge in [-0.2, -0.15) is 17.0 Å². The molecule has 0 spiro atoms. The molecule has 134 valence electrons. The molecule has 3 unspecified atom stereocenters. The van der Waals surface area contributed by atoms with Crippen LogP contribution in [0.15, 0.2) is 24.3 Å². The van der Waals surface area contributed by atoms with E-state index in [4.69, 9.17) is 4.74 Å². The maximum atomic E-state index is 13.1. The Labute approximate surface area is 143 Å². The van der Waals surface area contributed by atoms with Crippen molar-refractivity contribution in [2.24, 2.45) is 11.8 Å². The van der Waals surface area contributed by atoms with Crippen LogP contribution in [0.1, 0.15) is 31.9 Å². The van der Waals surface area contributed by atoms with Crippen LogP contribution in [-0.4, -0.2) is 49.8 Å². The van der Waals surface area contributed by atoms with Gasteiger partial charge in [0, 0.05) is 26.2 Å². The van der Waals surface area contributed by atoms with E-state index in [2.05, 4.69) is 13.8 Å². The van der Waals surface area contributed by atoms with Crippen LogP contribution in [0.5, 0.6) is 0 Å². The summed E-state index contributed by atoms with van der Waals surface area (Å²) >= 11 is 0. The van der Waals surface area contributed by atoms with Crippen molar-refractivity contribution in [2.45, 2.75) is 26.4 Å². The molecule has 2 aliphatic rings. The number of ether oxygens (including phenoxy) is 1. The summed E-state index contributed by atoms with van der Waals surface area (Å²) in [7, 11) is -3.49. The fourth-order valence-corrected chi connectivity index (χ4v) is 5.51. The largest absolute Gasteiger partial charge is 0.371 e. The summed E-state index contributed by atoms with van der Waals surface area (Å²) < 4.78 is 47.9. The zero-order chi connectivity index (χ0) is 17.3. The molecular formula is C17H25FN2O3S. The third-order valence-electron chi connectivity index (χ3n) is 4.76. The molecule has 2 aliphatic heterocycles. The highest BCUT2D eigenvalue weighted by molar-refractivity contribution is 7.86. The van der Waals surface area contributed by atoms with Crippen LogP contribution in [0.4, 0.5) is 4.39 Å². The maximum absolute atomic E-state index is 13.1. The summed E-state index contributed by atoms with van der Waals surface area (Å²) in [6, 6.07) is 6.06. The topological polar surface area (TPSA) is 49.9 Å². The third kappa shape index (κ3) is 3.79. The molecule has 2 fully saturated rings. The van der Waals surface area contributed by atoms with Gasteiger partial charge >= 0.3 is 0 Å². The number of rotatable bonds is 3. The van der Waals surface area contributed by atoms with Crippen molar-refractivity contribution in [3.05, 3.63) is 35.6 Å². The molecule has 0 bridgehead atoms. The predicted molar refractivity (Wildman–Crippen MR) is 90.1 cm³/mol. The summed E-state index contributed by atoms with van der Waals surface area (Å²) in [4.78, 5) is 0. The molecule has 0 N–H and O–H groups in total. The molecule has 0 aliphatic carbocycles. The highest BCUT2D eigenvalue weighted by Gasteiger charge is 2.37. The first-order valence-electron chi connectivity index (χ1n) is 8.48. The van der Waals surface area contributed by atoms with E-state index in [1.165, 1.54) is 16.4 Å². The Morgan fingerprint density at radius 2 is 1.67 bits per heavy atom. The third-order valence-corrected chi connectivity index (χ3v) is 6.69. The fourth-order valence-electron chi connectivity index (χ4n) is 3.67. The van der Waals surface area contributed by atoms with Gasteiger partial charge in [-0.05, 0) is 36.0 Å². The van der Waals surface area contributed by atoms with E-state index in [0.29, 0.717) is 38.1 Å².